The Labute approximate surface area is 163 Å². The number of carbonyl (C=O) groups is 1. The second-order valence-electron chi connectivity index (χ2n) is 7.79. The summed E-state index contributed by atoms with van der Waals surface area (Å²) in [5, 5.41) is 3.44. The van der Waals surface area contributed by atoms with Gasteiger partial charge in [0.1, 0.15) is 0 Å². The molecule has 1 spiro atoms. The van der Waals surface area contributed by atoms with Gasteiger partial charge in [-0.2, -0.15) is 4.31 Å². The average molecular weight is 394 g/mol. The predicted octanol–water partition coefficient (Wildman–Crippen LogP) is 2.24. The number of likely N-dealkylation sites (tertiary alicyclic amines) is 1. The number of rotatable bonds is 5. The minimum Gasteiger partial charge on any atom is -0.339 e. The number of piperidine rings is 1. The van der Waals surface area contributed by atoms with Crippen molar-refractivity contribution in [3.05, 3.63) is 29.3 Å². The number of sulfonamides is 1. The zero-order chi connectivity index (χ0) is 19.7. The van der Waals surface area contributed by atoms with Crippen molar-refractivity contribution in [3.8, 4) is 0 Å². The predicted molar refractivity (Wildman–Crippen MR) is 106 cm³/mol. The third-order valence-corrected chi connectivity index (χ3v) is 8.27. The molecule has 3 rings (SSSR count). The maximum Gasteiger partial charge on any atom is 0.254 e. The number of amides is 1. The summed E-state index contributed by atoms with van der Waals surface area (Å²) in [5.41, 5.74) is 1.67. The first-order valence-electron chi connectivity index (χ1n) is 9.94. The summed E-state index contributed by atoms with van der Waals surface area (Å²) < 4.78 is 27.1. The Balaban J connectivity index is 1.81. The molecule has 1 aromatic carbocycles. The minimum atomic E-state index is -3.57. The van der Waals surface area contributed by atoms with Gasteiger partial charge in [-0.05, 0) is 55.8 Å². The first kappa shape index (κ1) is 20.3. The van der Waals surface area contributed by atoms with Gasteiger partial charge in [-0.25, -0.2) is 8.42 Å². The maximum atomic E-state index is 13.1. The molecule has 0 radical (unpaired) electrons. The number of hydrogen-bond donors (Lipinski definition) is 1. The van der Waals surface area contributed by atoms with Crippen molar-refractivity contribution in [1.29, 1.82) is 0 Å². The molecule has 1 amide bonds. The SMILES string of the molecule is CCN(CC)S(=O)(=O)c1ccc(C)c(C(=O)N2CCC3(CCNC3)CC2)c1. The molecule has 7 heteroatoms. The fraction of sp³-hybridized carbons (Fsp3) is 0.650. The van der Waals surface area contributed by atoms with Crippen LogP contribution in [0.4, 0.5) is 0 Å². The molecule has 2 saturated heterocycles. The number of nitrogens with one attached hydrogen (secondary N) is 1. The maximum absolute atomic E-state index is 13.1. The standard InChI is InChI=1S/C20H31N3O3S/c1-4-23(5-2)27(25,26)17-7-6-16(3)18(14-17)19(24)22-12-9-20(10-13-22)8-11-21-15-20/h6-7,14,21H,4-5,8-13,15H2,1-3H3. The first-order chi connectivity index (χ1) is 12.8. The van der Waals surface area contributed by atoms with Crippen LogP contribution in [0.1, 0.15) is 49.0 Å². The van der Waals surface area contributed by atoms with E-state index in [1.165, 1.54) is 10.7 Å². The van der Waals surface area contributed by atoms with E-state index in [2.05, 4.69) is 5.32 Å². The zero-order valence-electron chi connectivity index (χ0n) is 16.6. The van der Waals surface area contributed by atoms with Crippen LogP contribution in [-0.2, 0) is 10.0 Å². The highest BCUT2D eigenvalue weighted by molar-refractivity contribution is 7.89. The normalized spacial score (nSPS) is 19.8. The van der Waals surface area contributed by atoms with E-state index >= 15 is 0 Å². The van der Waals surface area contributed by atoms with Crippen molar-refractivity contribution in [2.75, 3.05) is 39.3 Å². The van der Waals surface area contributed by atoms with Gasteiger partial charge in [0.25, 0.3) is 5.91 Å². The minimum absolute atomic E-state index is 0.0510. The highest BCUT2D eigenvalue weighted by Gasteiger charge is 2.38. The van der Waals surface area contributed by atoms with Crippen LogP contribution in [-0.4, -0.2) is 62.8 Å². The van der Waals surface area contributed by atoms with E-state index in [0.29, 0.717) is 24.1 Å². The highest BCUT2D eigenvalue weighted by Crippen LogP contribution is 2.37. The largest absolute Gasteiger partial charge is 0.339 e. The molecule has 2 fully saturated rings. The summed E-state index contributed by atoms with van der Waals surface area (Å²) in [5.74, 6) is -0.0510. The molecule has 0 aliphatic carbocycles. The van der Waals surface area contributed by atoms with E-state index < -0.39 is 10.0 Å². The smallest absolute Gasteiger partial charge is 0.254 e. The number of benzene rings is 1. The molecule has 27 heavy (non-hydrogen) atoms. The molecule has 1 N–H and O–H groups in total. The molecular formula is C20H31N3O3S. The molecule has 2 aliphatic heterocycles. The molecule has 150 valence electrons. The molecular weight excluding hydrogens is 362 g/mol. The van der Waals surface area contributed by atoms with Crippen molar-refractivity contribution in [2.45, 2.75) is 44.9 Å². The number of hydrogen-bond acceptors (Lipinski definition) is 4. The Hall–Kier alpha value is -1.44. The van der Waals surface area contributed by atoms with E-state index in [4.69, 9.17) is 0 Å². The number of nitrogens with zero attached hydrogens (tertiary/aromatic N) is 2. The molecule has 0 saturated carbocycles. The summed E-state index contributed by atoms with van der Waals surface area (Å²) >= 11 is 0. The van der Waals surface area contributed by atoms with Crippen molar-refractivity contribution in [2.24, 2.45) is 5.41 Å². The highest BCUT2D eigenvalue weighted by atomic mass is 32.2. The molecule has 2 aliphatic rings. The Morgan fingerprint density at radius 3 is 2.41 bits per heavy atom. The van der Waals surface area contributed by atoms with Crippen LogP contribution in [0.2, 0.25) is 0 Å². The van der Waals surface area contributed by atoms with Crippen LogP contribution < -0.4 is 5.32 Å². The van der Waals surface area contributed by atoms with Crippen molar-refractivity contribution in [3.63, 3.8) is 0 Å². The second-order valence-corrected chi connectivity index (χ2v) is 9.72. The fourth-order valence-electron chi connectivity index (χ4n) is 4.28. The third-order valence-electron chi connectivity index (χ3n) is 6.23. The Morgan fingerprint density at radius 1 is 1.19 bits per heavy atom. The topological polar surface area (TPSA) is 69.7 Å². The van der Waals surface area contributed by atoms with Crippen LogP contribution in [0.3, 0.4) is 0 Å². The lowest BCUT2D eigenvalue weighted by molar-refractivity contribution is 0.0606. The van der Waals surface area contributed by atoms with Crippen molar-refractivity contribution < 1.29 is 13.2 Å². The Bertz CT molecular complexity index is 787. The van der Waals surface area contributed by atoms with E-state index in [1.54, 1.807) is 18.2 Å². The molecule has 0 bridgehead atoms. The van der Waals surface area contributed by atoms with E-state index in [-0.39, 0.29) is 10.8 Å². The van der Waals surface area contributed by atoms with Gasteiger partial charge in [0, 0.05) is 38.3 Å². The average Bonchev–Trinajstić information content (AvgIpc) is 3.11. The zero-order valence-corrected chi connectivity index (χ0v) is 17.4. The van der Waals surface area contributed by atoms with Crippen molar-refractivity contribution >= 4 is 15.9 Å². The monoisotopic (exact) mass is 393 g/mol. The summed E-state index contributed by atoms with van der Waals surface area (Å²) in [7, 11) is -3.57. The van der Waals surface area contributed by atoms with Gasteiger partial charge in [-0.15, -0.1) is 0 Å². The van der Waals surface area contributed by atoms with Crippen LogP contribution in [0.25, 0.3) is 0 Å². The van der Waals surface area contributed by atoms with Crippen LogP contribution in [0.5, 0.6) is 0 Å². The lowest BCUT2D eigenvalue weighted by Gasteiger charge is -2.39. The summed E-state index contributed by atoms with van der Waals surface area (Å²) in [6.45, 7) is 9.94. The molecule has 0 aromatic heterocycles. The summed E-state index contributed by atoms with van der Waals surface area (Å²) in [6, 6.07) is 4.91. The van der Waals surface area contributed by atoms with Crippen molar-refractivity contribution in [1.82, 2.24) is 14.5 Å². The van der Waals surface area contributed by atoms with Crippen LogP contribution >= 0.6 is 0 Å². The fourth-order valence-corrected chi connectivity index (χ4v) is 5.77. The van der Waals surface area contributed by atoms with Gasteiger partial charge >= 0.3 is 0 Å². The molecule has 6 nitrogen and oxygen atoms in total. The van der Waals surface area contributed by atoms with Gasteiger partial charge in [0.05, 0.1) is 4.90 Å². The van der Waals surface area contributed by atoms with Gasteiger partial charge in [0.15, 0.2) is 0 Å². The van der Waals surface area contributed by atoms with Gasteiger partial charge in [-0.3, -0.25) is 4.79 Å². The van der Waals surface area contributed by atoms with Crippen LogP contribution in [0.15, 0.2) is 23.1 Å². The molecule has 0 unspecified atom stereocenters. The lowest BCUT2D eigenvalue weighted by Crippen LogP contribution is -2.44. The van der Waals surface area contributed by atoms with Crippen LogP contribution in [0, 0.1) is 12.3 Å². The van der Waals surface area contributed by atoms with Gasteiger partial charge in [0.2, 0.25) is 10.0 Å². The quantitative estimate of drug-likeness (QED) is 0.833. The van der Waals surface area contributed by atoms with E-state index in [0.717, 1.165) is 44.6 Å². The third kappa shape index (κ3) is 3.91. The molecule has 0 atom stereocenters. The Morgan fingerprint density at radius 2 is 1.85 bits per heavy atom. The van der Waals surface area contributed by atoms with E-state index in [9.17, 15) is 13.2 Å². The lowest BCUT2D eigenvalue weighted by atomic mass is 9.77. The first-order valence-corrected chi connectivity index (χ1v) is 11.4. The summed E-state index contributed by atoms with van der Waals surface area (Å²) in [6.07, 6.45) is 3.22. The Kier molecular flexibility index (Phi) is 5.93. The van der Waals surface area contributed by atoms with E-state index in [1.807, 2.05) is 25.7 Å². The van der Waals surface area contributed by atoms with Gasteiger partial charge in [-0.1, -0.05) is 19.9 Å². The molecule has 1 aromatic rings. The second kappa shape index (κ2) is 7.89. The number of aryl methyl sites for hydroxylation is 1. The summed E-state index contributed by atoms with van der Waals surface area (Å²) in [4.78, 5) is 15.2. The van der Waals surface area contributed by atoms with Gasteiger partial charge < -0.3 is 10.2 Å². The molecule has 2 heterocycles. The number of carbonyl (C=O) groups excluding carboxylic acids is 1.